The Labute approximate surface area is 130 Å². The first-order chi connectivity index (χ1) is 10.1. The number of nitrogens with one attached hydrogen (secondary N) is 1. The molecule has 3 nitrogen and oxygen atoms in total. The van der Waals surface area contributed by atoms with Gasteiger partial charge in [0.05, 0.1) is 13.2 Å². The molecule has 0 fully saturated rings. The molecule has 0 saturated carbocycles. The molecule has 120 valence electrons. The molecule has 0 bridgehead atoms. The van der Waals surface area contributed by atoms with Crippen LogP contribution in [0.2, 0.25) is 0 Å². The fraction of sp³-hybridized carbons (Fsp3) is 0.667. The summed E-state index contributed by atoms with van der Waals surface area (Å²) >= 11 is 0. The molecule has 1 aromatic carbocycles. The second-order valence-corrected chi connectivity index (χ2v) is 5.74. The van der Waals surface area contributed by atoms with Crippen LogP contribution in [-0.4, -0.2) is 19.3 Å². The summed E-state index contributed by atoms with van der Waals surface area (Å²) in [5.41, 5.74) is 1.22. The molecule has 1 aromatic rings. The second-order valence-electron chi connectivity index (χ2n) is 5.74. The minimum Gasteiger partial charge on any atom is -0.490 e. The van der Waals surface area contributed by atoms with Gasteiger partial charge in [0, 0.05) is 12.6 Å². The largest absolute Gasteiger partial charge is 0.490 e. The lowest BCUT2D eigenvalue weighted by atomic mass is 10.1. The van der Waals surface area contributed by atoms with E-state index in [9.17, 15) is 0 Å². The van der Waals surface area contributed by atoms with Crippen molar-refractivity contribution < 1.29 is 9.47 Å². The molecule has 21 heavy (non-hydrogen) atoms. The van der Waals surface area contributed by atoms with Gasteiger partial charge in [-0.05, 0) is 30.5 Å². The van der Waals surface area contributed by atoms with Crippen molar-refractivity contribution in [3.8, 4) is 11.5 Å². The van der Waals surface area contributed by atoms with E-state index in [-0.39, 0.29) is 0 Å². The Morgan fingerprint density at radius 1 is 1.00 bits per heavy atom. The molecule has 0 aliphatic heterocycles. The summed E-state index contributed by atoms with van der Waals surface area (Å²) in [6.45, 7) is 13.0. The Bertz CT molecular complexity index is 400. The van der Waals surface area contributed by atoms with Gasteiger partial charge in [-0.25, -0.2) is 0 Å². The lowest BCUT2D eigenvalue weighted by molar-refractivity contribution is 0.225. The molecule has 1 N–H and O–H groups in total. The first kappa shape index (κ1) is 17.8. The summed E-state index contributed by atoms with van der Waals surface area (Å²) in [6.07, 6.45) is 2.30. The van der Waals surface area contributed by atoms with Crippen molar-refractivity contribution in [2.24, 2.45) is 5.92 Å². The van der Waals surface area contributed by atoms with Crippen molar-refractivity contribution in [1.82, 2.24) is 5.32 Å². The fourth-order valence-electron chi connectivity index (χ4n) is 2.10. The van der Waals surface area contributed by atoms with Crippen molar-refractivity contribution in [2.45, 2.75) is 60.0 Å². The molecule has 0 aliphatic rings. The molecule has 1 rings (SSSR count). The Balaban J connectivity index is 2.73. The highest BCUT2D eigenvalue weighted by molar-refractivity contribution is 5.43. The molecule has 0 atom stereocenters. The van der Waals surface area contributed by atoms with Crippen LogP contribution < -0.4 is 14.8 Å². The number of benzene rings is 1. The van der Waals surface area contributed by atoms with Gasteiger partial charge in [0.2, 0.25) is 0 Å². The van der Waals surface area contributed by atoms with Crippen molar-refractivity contribution in [1.29, 1.82) is 0 Å². The van der Waals surface area contributed by atoms with Gasteiger partial charge in [-0.15, -0.1) is 0 Å². The highest BCUT2D eigenvalue weighted by Crippen LogP contribution is 2.29. The predicted octanol–water partition coefficient (Wildman–Crippen LogP) is 4.40. The van der Waals surface area contributed by atoms with Crippen LogP contribution in [0, 0.1) is 5.92 Å². The van der Waals surface area contributed by atoms with Crippen LogP contribution in [0.15, 0.2) is 18.2 Å². The van der Waals surface area contributed by atoms with Gasteiger partial charge >= 0.3 is 0 Å². The van der Waals surface area contributed by atoms with Crippen LogP contribution in [0.3, 0.4) is 0 Å². The molecular weight excluding hydrogens is 262 g/mol. The van der Waals surface area contributed by atoms with Gasteiger partial charge in [-0.3, -0.25) is 0 Å². The number of hydrogen-bond donors (Lipinski definition) is 1. The summed E-state index contributed by atoms with van der Waals surface area (Å²) in [4.78, 5) is 0. The normalized spacial score (nSPS) is 11.2. The molecule has 0 amide bonds. The van der Waals surface area contributed by atoms with Crippen LogP contribution in [0.4, 0.5) is 0 Å². The maximum absolute atomic E-state index is 5.97. The third kappa shape index (κ3) is 6.38. The van der Waals surface area contributed by atoms with E-state index in [1.165, 1.54) is 5.56 Å². The molecule has 0 spiro atoms. The van der Waals surface area contributed by atoms with Crippen molar-refractivity contribution in [3.63, 3.8) is 0 Å². The molecular formula is C18H31NO2. The lowest BCUT2D eigenvalue weighted by Gasteiger charge is -2.17. The Hall–Kier alpha value is -1.22. The molecule has 0 unspecified atom stereocenters. The zero-order chi connectivity index (χ0) is 15.7. The van der Waals surface area contributed by atoms with Crippen molar-refractivity contribution >= 4 is 0 Å². The first-order valence-corrected chi connectivity index (χ1v) is 8.22. The Morgan fingerprint density at radius 2 is 1.71 bits per heavy atom. The average Bonchev–Trinajstić information content (AvgIpc) is 2.48. The monoisotopic (exact) mass is 293 g/mol. The summed E-state index contributed by atoms with van der Waals surface area (Å²) in [6, 6.07) is 6.71. The number of hydrogen-bond acceptors (Lipinski definition) is 3. The van der Waals surface area contributed by atoms with Crippen LogP contribution in [0.25, 0.3) is 0 Å². The third-order valence-corrected chi connectivity index (χ3v) is 3.65. The molecule has 0 aliphatic carbocycles. The molecule has 0 radical (unpaired) electrons. The summed E-state index contributed by atoms with van der Waals surface area (Å²) < 4.78 is 11.7. The average molecular weight is 293 g/mol. The van der Waals surface area contributed by atoms with E-state index in [2.05, 4.69) is 45.1 Å². The van der Waals surface area contributed by atoms with Gasteiger partial charge in [-0.2, -0.15) is 0 Å². The van der Waals surface area contributed by atoms with E-state index in [0.717, 1.165) is 37.5 Å². The van der Waals surface area contributed by atoms with Gasteiger partial charge in [-0.1, -0.05) is 46.6 Å². The standard InChI is InChI=1S/C18H31NO2/c1-6-15(7-2)13-21-17-10-9-16(12-19-14(4)5)11-18(17)20-8-3/h9-11,14-15,19H,6-8,12-13H2,1-5H3. The van der Waals surface area contributed by atoms with E-state index in [1.807, 2.05) is 13.0 Å². The maximum atomic E-state index is 5.97. The quantitative estimate of drug-likeness (QED) is 0.693. The SMILES string of the molecule is CCOc1cc(CNC(C)C)ccc1OCC(CC)CC. The highest BCUT2D eigenvalue weighted by atomic mass is 16.5. The highest BCUT2D eigenvalue weighted by Gasteiger charge is 2.10. The Morgan fingerprint density at radius 3 is 2.29 bits per heavy atom. The van der Waals surface area contributed by atoms with Crippen LogP contribution in [-0.2, 0) is 6.54 Å². The van der Waals surface area contributed by atoms with E-state index in [0.29, 0.717) is 18.6 Å². The number of ether oxygens (including phenoxy) is 2. The summed E-state index contributed by atoms with van der Waals surface area (Å²) in [5.74, 6) is 2.32. The number of rotatable bonds is 10. The van der Waals surface area contributed by atoms with Crippen molar-refractivity contribution in [3.05, 3.63) is 23.8 Å². The smallest absolute Gasteiger partial charge is 0.161 e. The van der Waals surface area contributed by atoms with E-state index in [1.54, 1.807) is 0 Å². The predicted molar refractivity (Wildman–Crippen MR) is 89.2 cm³/mol. The topological polar surface area (TPSA) is 30.5 Å². The van der Waals surface area contributed by atoms with E-state index in [4.69, 9.17) is 9.47 Å². The van der Waals surface area contributed by atoms with Gasteiger partial charge in [0.15, 0.2) is 11.5 Å². The molecule has 3 heteroatoms. The van der Waals surface area contributed by atoms with E-state index < -0.39 is 0 Å². The third-order valence-electron chi connectivity index (χ3n) is 3.65. The van der Waals surface area contributed by atoms with Gasteiger partial charge in [0.1, 0.15) is 0 Å². The van der Waals surface area contributed by atoms with Gasteiger partial charge in [0.25, 0.3) is 0 Å². The van der Waals surface area contributed by atoms with E-state index >= 15 is 0 Å². The zero-order valence-electron chi connectivity index (χ0n) is 14.2. The molecule has 0 heterocycles. The fourth-order valence-corrected chi connectivity index (χ4v) is 2.10. The Kier molecular flexibility index (Phi) is 8.21. The summed E-state index contributed by atoms with van der Waals surface area (Å²) in [5, 5.41) is 3.42. The minimum atomic E-state index is 0.478. The minimum absolute atomic E-state index is 0.478. The molecule has 0 saturated heterocycles. The van der Waals surface area contributed by atoms with Crippen LogP contribution in [0.5, 0.6) is 11.5 Å². The van der Waals surface area contributed by atoms with Crippen LogP contribution >= 0.6 is 0 Å². The second kappa shape index (κ2) is 9.67. The lowest BCUT2D eigenvalue weighted by Crippen LogP contribution is -2.21. The zero-order valence-corrected chi connectivity index (χ0v) is 14.2. The first-order valence-electron chi connectivity index (χ1n) is 8.22. The van der Waals surface area contributed by atoms with Gasteiger partial charge < -0.3 is 14.8 Å². The molecule has 0 aromatic heterocycles. The van der Waals surface area contributed by atoms with Crippen molar-refractivity contribution in [2.75, 3.05) is 13.2 Å². The summed E-state index contributed by atoms with van der Waals surface area (Å²) in [7, 11) is 0. The maximum Gasteiger partial charge on any atom is 0.161 e. The van der Waals surface area contributed by atoms with Crippen LogP contribution in [0.1, 0.15) is 53.0 Å².